The smallest absolute Gasteiger partial charge is 0.229 e. The van der Waals surface area contributed by atoms with E-state index in [0.717, 1.165) is 63.4 Å². The highest BCUT2D eigenvalue weighted by Crippen LogP contribution is 2.42. The molecule has 5 heterocycles. The number of aryl methyl sites for hydroxylation is 1. The van der Waals surface area contributed by atoms with Gasteiger partial charge in [0.1, 0.15) is 24.2 Å². The van der Waals surface area contributed by atoms with Crippen molar-refractivity contribution in [3.8, 4) is 5.75 Å². The average molecular weight is 749 g/mol. The van der Waals surface area contributed by atoms with Crippen LogP contribution in [0.2, 0.25) is 0 Å². The van der Waals surface area contributed by atoms with E-state index >= 15 is 0 Å². The highest BCUT2D eigenvalue weighted by Gasteiger charge is 2.43. The Bertz CT molecular complexity index is 1930. The van der Waals surface area contributed by atoms with Crippen molar-refractivity contribution in [2.75, 3.05) is 75.2 Å². The van der Waals surface area contributed by atoms with Gasteiger partial charge in [-0.1, -0.05) is 0 Å². The third-order valence-electron chi connectivity index (χ3n) is 10.2. The number of methoxy groups -OCH3 is 1. The summed E-state index contributed by atoms with van der Waals surface area (Å²) in [7, 11) is -1.07. The summed E-state index contributed by atoms with van der Waals surface area (Å²) in [6.45, 7) is 13.3. The SMILES string of the molecule is COc1cc(N2CCC(N3CC4CN(C(C)=O)CC4C3)CC2)c(C)cc1Nc1ncc(Br)c(Nc2ccc3nccnc3c2P(C)(C)=O)n1. The van der Waals surface area contributed by atoms with E-state index in [4.69, 9.17) is 9.72 Å². The van der Waals surface area contributed by atoms with Crippen LogP contribution in [-0.2, 0) is 9.36 Å². The van der Waals surface area contributed by atoms with Gasteiger partial charge in [-0.25, -0.2) is 4.98 Å². The van der Waals surface area contributed by atoms with Gasteiger partial charge < -0.3 is 29.7 Å². The number of ether oxygens (including phenoxy) is 1. The summed E-state index contributed by atoms with van der Waals surface area (Å²) in [6, 6.07) is 8.51. The number of anilines is 5. The second-order valence-corrected chi connectivity index (χ2v) is 17.8. The van der Waals surface area contributed by atoms with Gasteiger partial charge >= 0.3 is 0 Å². The molecule has 3 saturated heterocycles. The lowest BCUT2D eigenvalue weighted by molar-refractivity contribution is -0.128. The Balaban J connectivity index is 1.05. The molecule has 3 aliphatic rings. The fraction of sp³-hybridized carbons (Fsp3) is 0.457. The zero-order valence-corrected chi connectivity index (χ0v) is 31.1. The fourth-order valence-corrected chi connectivity index (χ4v) is 9.46. The first-order valence-corrected chi connectivity index (χ1v) is 20.2. The van der Waals surface area contributed by atoms with Crippen LogP contribution in [0.25, 0.3) is 11.0 Å². The molecular formula is C35H43BrN9O3P. The highest BCUT2D eigenvalue weighted by molar-refractivity contribution is 9.10. The first kappa shape index (κ1) is 33.7. The van der Waals surface area contributed by atoms with Gasteiger partial charge in [0.05, 0.1) is 33.8 Å². The number of benzene rings is 2. The number of rotatable bonds is 8. The monoisotopic (exact) mass is 747 g/mol. The lowest BCUT2D eigenvalue weighted by Crippen LogP contribution is -2.45. The van der Waals surface area contributed by atoms with Gasteiger partial charge in [0.25, 0.3) is 0 Å². The van der Waals surface area contributed by atoms with Crippen LogP contribution >= 0.6 is 23.1 Å². The Labute approximate surface area is 295 Å². The van der Waals surface area contributed by atoms with Crippen LogP contribution in [0.3, 0.4) is 0 Å². The fourth-order valence-electron chi connectivity index (χ4n) is 7.77. The van der Waals surface area contributed by atoms with Crippen LogP contribution in [-0.4, -0.2) is 101 Å². The van der Waals surface area contributed by atoms with Crippen LogP contribution < -0.4 is 25.6 Å². The van der Waals surface area contributed by atoms with Crippen molar-refractivity contribution in [1.82, 2.24) is 29.7 Å². The molecule has 49 heavy (non-hydrogen) atoms. The Hall–Kier alpha value is -3.80. The van der Waals surface area contributed by atoms with E-state index in [1.807, 2.05) is 17.0 Å². The van der Waals surface area contributed by atoms with Gasteiger partial charge in [0.2, 0.25) is 11.9 Å². The maximum atomic E-state index is 13.4. The molecule has 0 aliphatic carbocycles. The van der Waals surface area contributed by atoms with Crippen LogP contribution in [0.4, 0.5) is 28.8 Å². The van der Waals surface area contributed by atoms with Gasteiger partial charge in [-0.2, -0.15) is 4.98 Å². The number of piperidine rings is 1. The van der Waals surface area contributed by atoms with Crippen molar-refractivity contribution in [2.45, 2.75) is 32.7 Å². The zero-order valence-electron chi connectivity index (χ0n) is 28.6. The molecule has 2 unspecified atom stereocenters. The van der Waals surface area contributed by atoms with Crippen molar-refractivity contribution in [1.29, 1.82) is 0 Å². The highest BCUT2D eigenvalue weighted by atomic mass is 79.9. The summed E-state index contributed by atoms with van der Waals surface area (Å²) in [6.07, 6.45) is 7.17. The molecule has 1 amide bonds. The lowest BCUT2D eigenvalue weighted by atomic mass is 10.0. The number of hydrogen-bond donors (Lipinski definition) is 2. The van der Waals surface area contributed by atoms with E-state index in [0.29, 0.717) is 61.9 Å². The Morgan fingerprint density at radius 3 is 2.37 bits per heavy atom. The number of likely N-dealkylation sites (tertiary alicyclic amines) is 2. The maximum absolute atomic E-state index is 13.4. The molecule has 14 heteroatoms. The van der Waals surface area contributed by atoms with Gasteiger partial charge in [-0.05, 0) is 84.6 Å². The minimum absolute atomic E-state index is 0.209. The number of carbonyl (C=O) groups excluding carboxylic acids is 1. The van der Waals surface area contributed by atoms with E-state index < -0.39 is 7.14 Å². The van der Waals surface area contributed by atoms with Gasteiger partial charge in [-0.15, -0.1) is 0 Å². The second-order valence-electron chi connectivity index (χ2n) is 13.8. The zero-order chi connectivity index (χ0) is 34.4. The number of fused-ring (bicyclic) bond motifs is 2. The molecule has 258 valence electrons. The summed E-state index contributed by atoms with van der Waals surface area (Å²) in [5, 5.41) is 7.35. The maximum Gasteiger partial charge on any atom is 0.229 e. The van der Waals surface area contributed by atoms with Crippen LogP contribution in [0.5, 0.6) is 5.75 Å². The molecule has 2 aromatic heterocycles. The average Bonchev–Trinajstić information content (AvgIpc) is 3.66. The molecule has 7 rings (SSSR count). The van der Waals surface area contributed by atoms with Gasteiger partial charge in [0, 0.05) is 82.6 Å². The third kappa shape index (κ3) is 6.85. The first-order chi connectivity index (χ1) is 23.5. The van der Waals surface area contributed by atoms with Gasteiger partial charge in [0.15, 0.2) is 0 Å². The van der Waals surface area contributed by atoms with Crippen molar-refractivity contribution in [3.63, 3.8) is 0 Å². The molecule has 0 saturated carbocycles. The molecule has 2 N–H and O–H groups in total. The number of hydrogen-bond acceptors (Lipinski definition) is 11. The van der Waals surface area contributed by atoms with E-state index in [1.165, 1.54) is 5.69 Å². The van der Waals surface area contributed by atoms with Crippen LogP contribution in [0.1, 0.15) is 25.3 Å². The Kier molecular flexibility index (Phi) is 9.27. The summed E-state index contributed by atoms with van der Waals surface area (Å²) in [5.74, 6) is 3.06. The minimum Gasteiger partial charge on any atom is -0.494 e. The predicted octanol–water partition coefficient (Wildman–Crippen LogP) is 5.61. The quantitative estimate of drug-likeness (QED) is 0.218. The molecule has 0 spiro atoms. The predicted molar refractivity (Wildman–Crippen MR) is 199 cm³/mol. The number of nitrogens with one attached hydrogen (secondary N) is 2. The number of amides is 1. The molecular weight excluding hydrogens is 705 g/mol. The minimum atomic E-state index is -2.75. The molecule has 4 aromatic rings. The topological polar surface area (TPSA) is 129 Å². The standard InChI is InChI=1S/C35H43BrN9O3P/c1-21-14-29(31(48-3)15-30(21)43-12-8-25(9-13-43)45-19-23-17-44(22(2)46)18-24(23)20-45)41-35-39-16-26(36)34(42-35)40-28-7-6-27-32(38-11-10-37-27)33(28)49(4,5)47/h6-7,10-11,14-16,23-25H,8-9,12-13,17-20H2,1-5H3,(H2,39,40,41,42). The van der Waals surface area contributed by atoms with E-state index in [-0.39, 0.29) is 5.91 Å². The summed E-state index contributed by atoms with van der Waals surface area (Å²) in [4.78, 5) is 37.2. The molecule has 3 aliphatic heterocycles. The molecule has 0 radical (unpaired) electrons. The van der Waals surface area contributed by atoms with Crippen molar-refractivity contribution >= 4 is 74.1 Å². The molecule has 2 aromatic carbocycles. The summed E-state index contributed by atoms with van der Waals surface area (Å²) < 4.78 is 19.9. The first-order valence-electron chi connectivity index (χ1n) is 16.8. The van der Waals surface area contributed by atoms with E-state index in [1.54, 1.807) is 46.0 Å². The summed E-state index contributed by atoms with van der Waals surface area (Å²) >= 11 is 3.58. The summed E-state index contributed by atoms with van der Waals surface area (Å²) in [5.41, 5.74) is 5.02. The van der Waals surface area contributed by atoms with E-state index in [2.05, 4.69) is 70.4 Å². The largest absolute Gasteiger partial charge is 0.494 e. The van der Waals surface area contributed by atoms with Crippen LogP contribution in [0, 0.1) is 18.8 Å². The number of carbonyl (C=O) groups is 1. The normalized spacial score (nSPS) is 20.1. The molecule has 3 fully saturated rings. The van der Waals surface area contributed by atoms with Crippen molar-refractivity contribution in [2.24, 2.45) is 11.8 Å². The number of halogens is 1. The Morgan fingerprint density at radius 1 is 0.980 bits per heavy atom. The molecule has 0 bridgehead atoms. The van der Waals surface area contributed by atoms with Crippen molar-refractivity contribution in [3.05, 3.63) is 52.9 Å². The molecule has 12 nitrogen and oxygen atoms in total. The van der Waals surface area contributed by atoms with Crippen molar-refractivity contribution < 1.29 is 14.1 Å². The number of aromatic nitrogens is 4. The van der Waals surface area contributed by atoms with Gasteiger partial charge in [-0.3, -0.25) is 19.7 Å². The second kappa shape index (κ2) is 13.5. The third-order valence-corrected chi connectivity index (χ3v) is 12.3. The molecule has 2 atom stereocenters. The van der Waals surface area contributed by atoms with Crippen LogP contribution in [0.15, 0.2) is 47.3 Å². The van der Waals surface area contributed by atoms with E-state index in [9.17, 15) is 9.36 Å². The number of nitrogens with zero attached hydrogens (tertiary/aromatic N) is 7. The Morgan fingerprint density at radius 2 is 1.69 bits per heavy atom. The lowest BCUT2D eigenvalue weighted by Gasteiger charge is -2.39.